The molecule has 102 valence electrons. The van der Waals surface area contributed by atoms with Gasteiger partial charge in [0.1, 0.15) is 10.7 Å². The monoisotopic (exact) mass is 286 g/mol. The number of imidazole rings is 1. The summed E-state index contributed by atoms with van der Waals surface area (Å²) in [5.41, 5.74) is 2.16. The van der Waals surface area contributed by atoms with Gasteiger partial charge in [0.25, 0.3) is 0 Å². The molecule has 0 fully saturated rings. The van der Waals surface area contributed by atoms with E-state index in [2.05, 4.69) is 28.2 Å². The van der Waals surface area contributed by atoms with Crippen LogP contribution >= 0.6 is 11.3 Å². The van der Waals surface area contributed by atoms with Crippen LogP contribution in [0, 0.1) is 6.92 Å². The first-order valence-electron chi connectivity index (χ1n) is 6.27. The van der Waals surface area contributed by atoms with Crippen LogP contribution in [0.2, 0.25) is 0 Å². The van der Waals surface area contributed by atoms with Crippen molar-refractivity contribution in [2.75, 3.05) is 7.11 Å². The topological polar surface area (TPSA) is 55.0 Å². The number of hydrogen-bond donors (Lipinski definition) is 1. The number of benzene rings is 1. The second-order valence-corrected chi connectivity index (χ2v) is 5.64. The smallest absolute Gasteiger partial charge is 0.348 e. The summed E-state index contributed by atoms with van der Waals surface area (Å²) >= 11 is 1.48. The molecule has 5 heteroatoms. The van der Waals surface area contributed by atoms with Crippen molar-refractivity contribution in [3.05, 3.63) is 52.4 Å². The third-order valence-corrected chi connectivity index (χ3v) is 4.55. The standard InChI is InChI=1S/C15H14N2O2S/c1-9-11-7-10(8-13-16-5-6-17-13)3-4-12(11)20-14(9)15(18)19-2/h3-7H,8H2,1-2H3,(H,16,17). The fourth-order valence-electron chi connectivity index (χ4n) is 2.25. The van der Waals surface area contributed by atoms with E-state index in [0.29, 0.717) is 4.88 Å². The molecular weight excluding hydrogens is 272 g/mol. The molecular formula is C15H14N2O2S. The molecule has 1 N–H and O–H groups in total. The Hall–Kier alpha value is -2.14. The minimum atomic E-state index is -0.267. The molecule has 2 heterocycles. The Balaban J connectivity index is 2.02. The lowest BCUT2D eigenvalue weighted by atomic mass is 10.1. The highest BCUT2D eigenvalue weighted by atomic mass is 32.1. The zero-order valence-electron chi connectivity index (χ0n) is 11.3. The second-order valence-electron chi connectivity index (χ2n) is 4.59. The van der Waals surface area contributed by atoms with E-state index in [-0.39, 0.29) is 5.97 Å². The minimum Gasteiger partial charge on any atom is -0.465 e. The number of ether oxygens (including phenoxy) is 1. The number of nitrogens with one attached hydrogen (secondary N) is 1. The highest BCUT2D eigenvalue weighted by Crippen LogP contribution is 2.32. The summed E-state index contributed by atoms with van der Waals surface area (Å²) in [7, 11) is 1.41. The molecule has 0 amide bonds. The lowest BCUT2D eigenvalue weighted by Gasteiger charge is -2.00. The van der Waals surface area contributed by atoms with Crippen LogP contribution in [0.1, 0.15) is 26.6 Å². The Morgan fingerprint density at radius 3 is 3.00 bits per heavy atom. The van der Waals surface area contributed by atoms with Gasteiger partial charge in [-0.1, -0.05) is 6.07 Å². The lowest BCUT2D eigenvalue weighted by molar-refractivity contribution is 0.0605. The number of carbonyl (C=O) groups is 1. The molecule has 0 aliphatic heterocycles. The first kappa shape index (κ1) is 12.9. The van der Waals surface area contributed by atoms with E-state index in [4.69, 9.17) is 4.74 Å². The van der Waals surface area contributed by atoms with Crippen LogP contribution in [0.25, 0.3) is 10.1 Å². The van der Waals surface area contributed by atoms with Crippen molar-refractivity contribution in [2.45, 2.75) is 13.3 Å². The molecule has 3 rings (SSSR count). The average Bonchev–Trinajstić information content (AvgIpc) is 3.07. The number of aryl methyl sites for hydroxylation is 1. The van der Waals surface area contributed by atoms with Crippen LogP contribution in [0.4, 0.5) is 0 Å². The first-order chi connectivity index (χ1) is 9.69. The molecule has 2 aromatic heterocycles. The number of nitrogens with zero attached hydrogens (tertiary/aromatic N) is 1. The number of H-pyrrole nitrogens is 1. The number of aromatic nitrogens is 2. The number of thiophene rings is 1. The van der Waals surface area contributed by atoms with E-state index >= 15 is 0 Å². The highest BCUT2D eigenvalue weighted by molar-refractivity contribution is 7.21. The van der Waals surface area contributed by atoms with Crippen molar-refractivity contribution in [1.82, 2.24) is 9.97 Å². The summed E-state index contributed by atoms with van der Waals surface area (Å²) in [4.78, 5) is 19.7. The Morgan fingerprint density at radius 1 is 1.45 bits per heavy atom. The largest absolute Gasteiger partial charge is 0.465 e. The summed E-state index contributed by atoms with van der Waals surface area (Å²) in [5, 5.41) is 1.11. The van der Waals surface area contributed by atoms with Crippen molar-refractivity contribution >= 4 is 27.4 Å². The normalized spacial score (nSPS) is 10.9. The number of fused-ring (bicyclic) bond motifs is 1. The molecule has 3 aromatic rings. The van der Waals surface area contributed by atoms with E-state index < -0.39 is 0 Å². The number of methoxy groups -OCH3 is 1. The Bertz CT molecular complexity index is 760. The molecule has 0 saturated heterocycles. The predicted octanol–water partition coefficient (Wildman–Crippen LogP) is 3.31. The highest BCUT2D eigenvalue weighted by Gasteiger charge is 2.16. The van der Waals surface area contributed by atoms with Gasteiger partial charge < -0.3 is 9.72 Å². The van der Waals surface area contributed by atoms with Crippen LogP contribution in [0.3, 0.4) is 0 Å². The molecule has 0 saturated carbocycles. The molecule has 4 nitrogen and oxygen atoms in total. The Labute approximate surface area is 120 Å². The van der Waals surface area contributed by atoms with Crippen LogP contribution in [-0.2, 0) is 11.2 Å². The van der Waals surface area contributed by atoms with E-state index in [1.807, 2.05) is 13.1 Å². The van der Waals surface area contributed by atoms with E-state index in [0.717, 1.165) is 27.9 Å². The summed E-state index contributed by atoms with van der Waals surface area (Å²) in [5.74, 6) is 0.668. The molecule has 1 aromatic carbocycles. The molecule has 0 aliphatic carbocycles. The SMILES string of the molecule is COC(=O)c1sc2ccc(Cc3ncc[nH]3)cc2c1C. The maximum absolute atomic E-state index is 11.7. The molecule has 20 heavy (non-hydrogen) atoms. The lowest BCUT2D eigenvalue weighted by Crippen LogP contribution is -1.99. The van der Waals surface area contributed by atoms with Gasteiger partial charge >= 0.3 is 5.97 Å². The summed E-state index contributed by atoms with van der Waals surface area (Å²) in [6, 6.07) is 6.25. The van der Waals surface area contributed by atoms with Crippen molar-refractivity contribution in [1.29, 1.82) is 0 Å². The predicted molar refractivity (Wildman–Crippen MR) is 79.3 cm³/mol. The van der Waals surface area contributed by atoms with E-state index in [1.165, 1.54) is 24.0 Å². The summed E-state index contributed by atoms with van der Waals surface area (Å²) in [6.07, 6.45) is 4.32. The maximum Gasteiger partial charge on any atom is 0.348 e. The van der Waals surface area contributed by atoms with Crippen molar-refractivity contribution in [3.63, 3.8) is 0 Å². The van der Waals surface area contributed by atoms with Gasteiger partial charge in [-0.3, -0.25) is 0 Å². The van der Waals surface area contributed by atoms with E-state index in [1.54, 1.807) is 6.20 Å². The summed E-state index contributed by atoms with van der Waals surface area (Å²) < 4.78 is 5.92. The Morgan fingerprint density at radius 2 is 2.30 bits per heavy atom. The second kappa shape index (κ2) is 5.09. The average molecular weight is 286 g/mol. The van der Waals surface area contributed by atoms with Crippen molar-refractivity contribution in [2.24, 2.45) is 0 Å². The van der Waals surface area contributed by atoms with Gasteiger partial charge in [0.05, 0.1) is 7.11 Å². The van der Waals surface area contributed by atoms with Gasteiger partial charge in [-0.15, -0.1) is 11.3 Å². The molecule has 0 bridgehead atoms. The molecule has 0 aliphatic rings. The van der Waals surface area contributed by atoms with Gasteiger partial charge in [0.2, 0.25) is 0 Å². The van der Waals surface area contributed by atoms with Gasteiger partial charge in [-0.25, -0.2) is 9.78 Å². The maximum atomic E-state index is 11.7. The van der Waals surface area contributed by atoms with Gasteiger partial charge in [0, 0.05) is 23.5 Å². The summed E-state index contributed by atoms with van der Waals surface area (Å²) in [6.45, 7) is 1.96. The molecule has 0 radical (unpaired) electrons. The van der Waals surface area contributed by atoms with Crippen LogP contribution < -0.4 is 0 Å². The van der Waals surface area contributed by atoms with Crippen molar-refractivity contribution in [3.8, 4) is 0 Å². The zero-order valence-corrected chi connectivity index (χ0v) is 12.1. The molecule has 0 atom stereocenters. The molecule has 0 unspecified atom stereocenters. The fraction of sp³-hybridized carbons (Fsp3) is 0.200. The van der Waals surface area contributed by atoms with Crippen LogP contribution in [-0.4, -0.2) is 23.0 Å². The van der Waals surface area contributed by atoms with Crippen LogP contribution in [0.5, 0.6) is 0 Å². The number of rotatable bonds is 3. The number of aromatic amines is 1. The third-order valence-electron chi connectivity index (χ3n) is 3.30. The third kappa shape index (κ3) is 2.20. The van der Waals surface area contributed by atoms with E-state index in [9.17, 15) is 4.79 Å². The fourth-order valence-corrected chi connectivity index (χ4v) is 3.36. The van der Waals surface area contributed by atoms with Gasteiger partial charge in [0.15, 0.2) is 0 Å². The number of carbonyl (C=O) groups excluding carboxylic acids is 1. The number of hydrogen-bond acceptors (Lipinski definition) is 4. The van der Waals surface area contributed by atoms with Crippen LogP contribution in [0.15, 0.2) is 30.6 Å². The number of esters is 1. The van der Waals surface area contributed by atoms with Gasteiger partial charge in [-0.05, 0) is 35.6 Å². The quantitative estimate of drug-likeness (QED) is 0.751. The zero-order chi connectivity index (χ0) is 14.1. The van der Waals surface area contributed by atoms with Gasteiger partial charge in [-0.2, -0.15) is 0 Å². The Kier molecular flexibility index (Phi) is 3.28. The first-order valence-corrected chi connectivity index (χ1v) is 7.09. The minimum absolute atomic E-state index is 0.267. The molecule has 0 spiro atoms. The van der Waals surface area contributed by atoms with Crippen molar-refractivity contribution < 1.29 is 9.53 Å².